The van der Waals surface area contributed by atoms with Gasteiger partial charge in [-0.15, -0.1) is 0 Å². The van der Waals surface area contributed by atoms with Gasteiger partial charge in [-0.2, -0.15) is 0 Å². The van der Waals surface area contributed by atoms with E-state index in [2.05, 4.69) is 42.5 Å². The van der Waals surface area contributed by atoms with E-state index in [0.717, 1.165) is 0 Å². The Balaban J connectivity index is 2.59. The highest BCUT2D eigenvalue weighted by Crippen LogP contribution is 1.75. The van der Waals surface area contributed by atoms with Gasteiger partial charge < -0.3 is 42.5 Å². The first-order valence-electron chi connectivity index (χ1n) is 9.29. The second kappa shape index (κ2) is 13.9. The van der Waals surface area contributed by atoms with Crippen molar-refractivity contribution >= 4 is 47.3 Å². The van der Waals surface area contributed by atoms with Crippen LogP contribution < -0.4 is 42.5 Å². The van der Waals surface area contributed by atoms with Crippen molar-refractivity contribution in [1.29, 1.82) is 0 Å². The van der Waals surface area contributed by atoms with Crippen molar-refractivity contribution < 1.29 is 38.4 Å². The molecule has 0 saturated carbocycles. The summed E-state index contributed by atoms with van der Waals surface area (Å²) in [6.45, 7) is -3.71. The summed E-state index contributed by atoms with van der Waals surface area (Å²) in [7, 11) is 0. The average molecular weight is 456 g/mol. The number of hydrogen-bond donors (Lipinski definition) is 8. The Morgan fingerprint density at radius 1 is 0.250 bits per heavy atom. The number of amides is 8. The molecular weight excluding hydrogens is 432 g/mol. The number of hydrogen-bond acceptors (Lipinski definition) is 8. The first-order valence-corrected chi connectivity index (χ1v) is 9.29. The van der Waals surface area contributed by atoms with Crippen molar-refractivity contribution in [3.8, 4) is 0 Å². The normalized spacial score (nSPS) is 19.5. The zero-order valence-corrected chi connectivity index (χ0v) is 16.9. The summed E-state index contributed by atoms with van der Waals surface area (Å²) >= 11 is 0. The highest BCUT2D eigenvalue weighted by Gasteiger charge is 2.13. The Hall–Kier alpha value is -4.24. The van der Waals surface area contributed by atoms with Crippen LogP contribution in [0.2, 0.25) is 0 Å². The van der Waals surface area contributed by atoms with E-state index >= 15 is 0 Å². The Bertz CT molecular complexity index is 544. The van der Waals surface area contributed by atoms with Crippen molar-refractivity contribution in [3.05, 3.63) is 0 Å². The van der Waals surface area contributed by atoms with Crippen molar-refractivity contribution in [2.75, 3.05) is 52.4 Å². The molecule has 1 heterocycles. The molecule has 0 aromatic carbocycles. The maximum atomic E-state index is 11.6. The van der Waals surface area contributed by atoms with E-state index in [4.69, 9.17) is 0 Å². The molecule has 8 amide bonds. The van der Waals surface area contributed by atoms with E-state index < -0.39 is 99.6 Å². The van der Waals surface area contributed by atoms with Crippen LogP contribution >= 0.6 is 0 Å². The van der Waals surface area contributed by atoms with Gasteiger partial charge in [0.1, 0.15) is 0 Å². The summed E-state index contributed by atoms with van der Waals surface area (Å²) in [5.41, 5.74) is 0. The topological polar surface area (TPSA) is 233 Å². The Kier molecular flexibility index (Phi) is 11.2. The molecule has 0 radical (unpaired) electrons. The van der Waals surface area contributed by atoms with Crippen LogP contribution in [0.5, 0.6) is 0 Å². The summed E-state index contributed by atoms with van der Waals surface area (Å²) < 4.78 is 0. The second-order valence-corrected chi connectivity index (χ2v) is 6.21. The zero-order chi connectivity index (χ0) is 23.9. The lowest BCUT2D eigenvalue weighted by Gasteiger charge is -2.10. The van der Waals surface area contributed by atoms with Crippen LogP contribution in [0.4, 0.5) is 0 Å². The molecule has 0 unspecified atom stereocenters. The molecule has 0 spiro atoms. The van der Waals surface area contributed by atoms with E-state index in [9.17, 15) is 38.4 Å². The molecule has 0 aromatic rings. The van der Waals surface area contributed by atoms with Crippen LogP contribution in [-0.2, 0) is 38.4 Å². The van der Waals surface area contributed by atoms with E-state index in [0.29, 0.717) is 0 Å². The maximum Gasteiger partial charge on any atom is 0.239 e. The number of carbonyl (C=O) groups is 8. The molecule has 0 aliphatic carbocycles. The quantitative estimate of drug-likeness (QED) is 0.174. The molecule has 1 aliphatic rings. The van der Waals surface area contributed by atoms with E-state index in [1.165, 1.54) is 0 Å². The van der Waals surface area contributed by atoms with Crippen LogP contribution in [0, 0.1) is 0 Å². The van der Waals surface area contributed by atoms with Crippen LogP contribution in [0.1, 0.15) is 0 Å². The summed E-state index contributed by atoms with van der Waals surface area (Å²) in [5.74, 6) is -5.52. The number of nitrogens with one attached hydrogen (secondary N) is 8. The number of carbonyl (C=O) groups excluding carboxylic acids is 8. The van der Waals surface area contributed by atoms with Crippen LogP contribution in [0.15, 0.2) is 0 Å². The summed E-state index contributed by atoms with van der Waals surface area (Å²) in [6, 6.07) is 0. The Morgan fingerprint density at radius 2 is 0.344 bits per heavy atom. The van der Waals surface area contributed by atoms with Crippen molar-refractivity contribution in [3.63, 3.8) is 0 Å². The van der Waals surface area contributed by atoms with Crippen LogP contribution in [0.3, 0.4) is 0 Å². The Labute approximate surface area is 181 Å². The number of rotatable bonds is 0. The van der Waals surface area contributed by atoms with E-state index in [1.54, 1.807) is 0 Å². The van der Waals surface area contributed by atoms with Crippen molar-refractivity contribution in [2.45, 2.75) is 0 Å². The first kappa shape index (κ1) is 25.8. The predicted octanol–water partition coefficient (Wildman–Crippen LogP) is -7.07. The van der Waals surface area contributed by atoms with Gasteiger partial charge in [-0.1, -0.05) is 0 Å². The van der Waals surface area contributed by atoms with E-state index in [1.807, 2.05) is 0 Å². The molecule has 1 saturated heterocycles. The standard InChI is InChI=1S/C16H24N8O8/c25-9-1-17-10(26)2-19-12(28)4-21-14(30)6-23-16(32)8-24-15(31)7-22-13(29)5-20-11(27)3-18-9/h1-8H2,(H,17,26)(H,18,25)(H,19,28)(H,20,27)(H,21,30)(H,22,29)(H,23,32)(H,24,31). The molecule has 8 N–H and O–H groups in total. The highest BCUT2D eigenvalue weighted by molar-refractivity contribution is 5.93. The van der Waals surface area contributed by atoms with Crippen LogP contribution in [-0.4, -0.2) is 99.6 Å². The molecule has 32 heavy (non-hydrogen) atoms. The molecule has 16 nitrogen and oxygen atoms in total. The molecule has 0 aromatic heterocycles. The lowest BCUT2D eigenvalue weighted by atomic mass is 10.4. The molecule has 1 aliphatic heterocycles. The van der Waals surface area contributed by atoms with E-state index in [-0.39, 0.29) is 0 Å². The summed E-state index contributed by atoms with van der Waals surface area (Å²) in [4.78, 5) is 92.9. The molecule has 176 valence electrons. The summed E-state index contributed by atoms with van der Waals surface area (Å²) in [5, 5.41) is 17.7. The van der Waals surface area contributed by atoms with Gasteiger partial charge in [0.05, 0.1) is 52.4 Å². The van der Waals surface area contributed by atoms with Gasteiger partial charge in [0.2, 0.25) is 47.3 Å². The third kappa shape index (κ3) is 12.3. The van der Waals surface area contributed by atoms with Gasteiger partial charge >= 0.3 is 0 Å². The average Bonchev–Trinajstić information content (AvgIpc) is 2.77. The molecule has 16 heteroatoms. The zero-order valence-electron chi connectivity index (χ0n) is 16.9. The SMILES string of the molecule is O=C1CNC(=O)CNC(=O)CNC(=O)CNC(=O)CNC(=O)CNC(=O)CNC(=O)CN1. The van der Waals surface area contributed by atoms with Gasteiger partial charge in [0, 0.05) is 0 Å². The fourth-order valence-electron chi connectivity index (χ4n) is 1.93. The third-order valence-electron chi connectivity index (χ3n) is 3.57. The van der Waals surface area contributed by atoms with Gasteiger partial charge in [-0.3, -0.25) is 38.4 Å². The predicted molar refractivity (Wildman–Crippen MR) is 104 cm³/mol. The molecule has 0 atom stereocenters. The van der Waals surface area contributed by atoms with Gasteiger partial charge in [-0.05, 0) is 0 Å². The van der Waals surface area contributed by atoms with Crippen molar-refractivity contribution in [1.82, 2.24) is 42.5 Å². The fourth-order valence-corrected chi connectivity index (χ4v) is 1.93. The monoisotopic (exact) mass is 456 g/mol. The minimum absolute atomic E-state index is 0.464. The smallest absolute Gasteiger partial charge is 0.239 e. The molecule has 1 fully saturated rings. The molecule has 1 rings (SSSR count). The summed E-state index contributed by atoms with van der Waals surface area (Å²) in [6.07, 6.45) is 0. The highest BCUT2D eigenvalue weighted by atomic mass is 16.2. The minimum Gasteiger partial charge on any atom is -0.346 e. The lowest BCUT2D eigenvalue weighted by molar-refractivity contribution is -0.130. The van der Waals surface area contributed by atoms with Crippen LogP contribution in [0.25, 0.3) is 0 Å². The molecular formula is C16H24N8O8. The minimum atomic E-state index is -0.690. The van der Waals surface area contributed by atoms with Gasteiger partial charge in [-0.25, -0.2) is 0 Å². The first-order chi connectivity index (χ1) is 15.2. The van der Waals surface area contributed by atoms with Crippen molar-refractivity contribution in [2.24, 2.45) is 0 Å². The van der Waals surface area contributed by atoms with Gasteiger partial charge in [0.15, 0.2) is 0 Å². The largest absolute Gasteiger partial charge is 0.346 e. The second-order valence-electron chi connectivity index (χ2n) is 6.21. The lowest BCUT2D eigenvalue weighted by Crippen LogP contribution is -2.48. The Morgan fingerprint density at radius 3 is 0.438 bits per heavy atom. The third-order valence-corrected chi connectivity index (χ3v) is 3.57. The fraction of sp³-hybridized carbons (Fsp3) is 0.500. The molecule has 0 bridgehead atoms. The van der Waals surface area contributed by atoms with Gasteiger partial charge in [0.25, 0.3) is 0 Å². The maximum absolute atomic E-state index is 11.6.